The van der Waals surface area contributed by atoms with Gasteiger partial charge < -0.3 is 9.64 Å². The van der Waals surface area contributed by atoms with E-state index in [4.69, 9.17) is 4.74 Å². The van der Waals surface area contributed by atoms with Gasteiger partial charge in [-0.15, -0.1) is 11.3 Å². The van der Waals surface area contributed by atoms with Crippen molar-refractivity contribution in [2.45, 2.75) is 19.6 Å². The maximum absolute atomic E-state index is 12.6. The molecule has 0 aliphatic carbocycles. The van der Waals surface area contributed by atoms with Crippen LogP contribution in [0.4, 0.5) is 0 Å². The summed E-state index contributed by atoms with van der Waals surface area (Å²) < 4.78 is 6.06. The fourth-order valence-electron chi connectivity index (χ4n) is 3.73. The van der Waals surface area contributed by atoms with Gasteiger partial charge in [0.25, 0.3) is 5.91 Å². The Morgan fingerprint density at radius 2 is 2.12 bits per heavy atom. The second-order valence-corrected chi connectivity index (χ2v) is 7.69. The van der Waals surface area contributed by atoms with Crippen LogP contribution >= 0.6 is 11.3 Å². The lowest BCUT2D eigenvalue weighted by atomic mass is 10.1. The monoisotopic (exact) mass is 357 g/mol. The maximum Gasteiger partial charge on any atom is 0.273 e. The van der Waals surface area contributed by atoms with Gasteiger partial charge in [-0.2, -0.15) is 0 Å². The number of ether oxygens (including phenoxy) is 1. The summed E-state index contributed by atoms with van der Waals surface area (Å²) in [5.41, 5.74) is 4.88. The van der Waals surface area contributed by atoms with Crippen LogP contribution in [0.3, 0.4) is 0 Å². The fraction of sp³-hybridized carbons (Fsp3) is 0.474. The molecule has 0 unspecified atom stereocenters. The highest BCUT2D eigenvalue weighted by Crippen LogP contribution is 2.26. The van der Waals surface area contributed by atoms with Crippen LogP contribution in [0.2, 0.25) is 0 Å². The summed E-state index contributed by atoms with van der Waals surface area (Å²) in [7, 11) is 0. The Kier molecular flexibility index (Phi) is 4.83. The molecule has 0 saturated carbocycles. The van der Waals surface area contributed by atoms with E-state index in [0.29, 0.717) is 24.8 Å². The lowest BCUT2D eigenvalue weighted by molar-refractivity contribution is 0.0501. The highest BCUT2D eigenvalue weighted by Gasteiger charge is 2.37. The summed E-state index contributed by atoms with van der Waals surface area (Å²) in [6.45, 7) is 6.98. The Morgan fingerprint density at radius 3 is 2.88 bits per heavy atom. The van der Waals surface area contributed by atoms with E-state index in [1.54, 1.807) is 5.51 Å². The molecule has 6 heteroatoms. The first-order valence-corrected chi connectivity index (χ1v) is 9.70. The third-order valence-electron chi connectivity index (χ3n) is 5.07. The van der Waals surface area contributed by atoms with Crippen molar-refractivity contribution in [1.29, 1.82) is 0 Å². The maximum atomic E-state index is 12.6. The van der Waals surface area contributed by atoms with Crippen LogP contribution in [-0.4, -0.2) is 59.6 Å². The molecular formula is C19H23N3O2S. The predicted molar refractivity (Wildman–Crippen MR) is 97.7 cm³/mol. The largest absolute Gasteiger partial charge is 0.375 e. The third-order valence-corrected chi connectivity index (χ3v) is 5.66. The molecule has 0 radical (unpaired) electrons. The smallest absolute Gasteiger partial charge is 0.273 e. The molecule has 0 spiro atoms. The summed E-state index contributed by atoms with van der Waals surface area (Å²) in [6.07, 6.45) is 0.221. The van der Waals surface area contributed by atoms with Gasteiger partial charge in [0.2, 0.25) is 0 Å². The van der Waals surface area contributed by atoms with E-state index in [-0.39, 0.29) is 12.0 Å². The van der Waals surface area contributed by atoms with Gasteiger partial charge in [0.1, 0.15) is 5.69 Å². The number of thiazole rings is 1. The normalized spacial score (nSPS) is 24.1. The van der Waals surface area contributed by atoms with Crippen molar-refractivity contribution in [3.05, 3.63) is 52.0 Å². The molecule has 1 aromatic carbocycles. The highest BCUT2D eigenvalue weighted by atomic mass is 32.1. The average Bonchev–Trinajstić information content (AvgIpc) is 3.22. The highest BCUT2D eigenvalue weighted by molar-refractivity contribution is 7.07. The summed E-state index contributed by atoms with van der Waals surface area (Å²) in [5.74, 6) is 0.401. The average molecular weight is 357 g/mol. The quantitative estimate of drug-likeness (QED) is 0.846. The van der Waals surface area contributed by atoms with E-state index in [1.807, 2.05) is 10.3 Å². The van der Waals surface area contributed by atoms with E-state index in [9.17, 15) is 4.79 Å². The van der Waals surface area contributed by atoms with Crippen LogP contribution in [0, 0.1) is 12.8 Å². The molecule has 1 amide bonds. The standard InChI is InChI=1S/C19H23N3O2S/c1-14-2-4-15(5-3-14)8-21-9-16-10-22(6-7-24-18(16)11-21)19(23)17-12-25-13-20-17/h2-5,12-13,16,18H,6-11H2,1H3/t16-,18-/m1/s1. The number of fused-ring (bicyclic) bond motifs is 1. The van der Waals surface area contributed by atoms with E-state index < -0.39 is 0 Å². The molecule has 132 valence electrons. The van der Waals surface area contributed by atoms with Crippen LogP contribution in [-0.2, 0) is 11.3 Å². The second-order valence-electron chi connectivity index (χ2n) is 6.97. The number of nitrogens with zero attached hydrogens (tertiary/aromatic N) is 3. The number of rotatable bonds is 3. The predicted octanol–water partition coefficient (Wildman–Crippen LogP) is 2.42. The molecule has 0 N–H and O–H groups in total. The minimum Gasteiger partial charge on any atom is -0.375 e. The topological polar surface area (TPSA) is 45.7 Å². The van der Waals surface area contributed by atoms with E-state index in [2.05, 4.69) is 41.1 Å². The molecular weight excluding hydrogens is 334 g/mol. The van der Waals surface area contributed by atoms with Crippen LogP contribution in [0.15, 0.2) is 35.2 Å². The van der Waals surface area contributed by atoms with E-state index in [1.165, 1.54) is 22.5 Å². The van der Waals surface area contributed by atoms with Crippen LogP contribution < -0.4 is 0 Å². The number of carbonyl (C=O) groups excluding carboxylic acids is 1. The van der Waals surface area contributed by atoms with Crippen molar-refractivity contribution in [2.24, 2.45) is 5.92 Å². The number of likely N-dealkylation sites (tertiary alicyclic amines) is 1. The first-order valence-electron chi connectivity index (χ1n) is 8.76. The van der Waals surface area contributed by atoms with Gasteiger partial charge in [-0.1, -0.05) is 29.8 Å². The number of amides is 1. The molecule has 4 rings (SSSR count). The summed E-state index contributed by atoms with van der Waals surface area (Å²) in [6, 6.07) is 8.72. The van der Waals surface area contributed by atoms with Crippen molar-refractivity contribution in [3.8, 4) is 0 Å². The van der Waals surface area contributed by atoms with Gasteiger partial charge in [-0.05, 0) is 12.5 Å². The van der Waals surface area contributed by atoms with Crippen molar-refractivity contribution in [3.63, 3.8) is 0 Å². The van der Waals surface area contributed by atoms with Crippen molar-refractivity contribution in [2.75, 3.05) is 32.8 Å². The molecule has 2 aliphatic rings. The number of hydrogen-bond donors (Lipinski definition) is 0. The Labute approximate surface area is 152 Å². The molecule has 2 aliphatic heterocycles. The van der Waals surface area contributed by atoms with Gasteiger partial charge in [0.15, 0.2) is 0 Å². The second kappa shape index (κ2) is 7.23. The number of carbonyl (C=O) groups is 1. The molecule has 3 heterocycles. The fourth-order valence-corrected chi connectivity index (χ4v) is 4.25. The molecule has 2 atom stereocenters. The summed E-state index contributed by atoms with van der Waals surface area (Å²) in [4.78, 5) is 21.1. The van der Waals surface area contributed by atoms with E-state index >= 15 is 0 Å². The lowest BCUT2D eigenvalue weighted by Gasteiger charge is -2.23. The summed E-state index contributed by atoms with van der Waals surface area (Å²) in [5, 5.41) is 1.82. The minimum absolute atomic E-state index is 0.0301. The Balaban J connectivity index is 1.40. The zero-order chi connectivity index (χ0) is 17.2. The zero-order valence-electron chi connectivity index (χ0n) is 14.4. The van der Waals surface area contributed by atoms with Crippen LogP contribution in [0.1, 0.15) is 21.6 Å². The molecule has 0 bridgehead atoms. The molecule has 1 aromatic heterocycles. The number of aromatic nitrogens is 1. The van der Waals surface area contributed by atoms with Gasteiger partial charge in [0.05, 0.1) is 18.2 Å². The van der Waals surface area contributed by atoms with Crippen LogP contribution in [0.5, 0.6) is 0 Å². The SMILES string of the molecule is Cc1ccc(CN2C[C@@H]3CN(C(=O)c4cscn4)CCO[C@@H]3C2)cc1. The van der Waals surface area contributed by atoms with Gasteiger partial charge in [-0.25, -0.2) is 4.98 Å². The molecule has 25 heavy (non-hydrogen) atoms. The Morgan fingerprint density at radius 1 is 1.28 bits per heavy atom. The Hall–Kier alpha value is -1.76. The zero-order valence-corrected chi connectivity index (χ0v) is 15.2. The first kappa shape index (κ1) is 16.7. The number of benzene rings is 1. The summed E-state index contributed by atoms with van der Waals surface area (Å²) >= 11 is 1.46. The van der Waals surface area contributed by atoms with Crippen LogP contribution in [0.25, 0.3) is 0 Å². The van der Waals surface area contributed by atoms with Gasteiger partial charge in [-0.3, -0.25) is 9.69 Å². The van der Waals surface area contributed by atoms with Crippen molar-refractivity contribution in [1.82, 2.24) is 14.8 Å². The van der Waals surface area contributed by atoms with Crippen molar-refractivity contribution < 1.29 is 9.53 Å². The molecule has 2 aromatic rings. The van der Waals surface area contributed by atoms with Crippen molar-refractivity contribution >= 4 is 17.2 Å². The molecule has 2 fully saturated rings. The lowest BCUT2D eigenvalue weighted by Crippen LogP contribution is -2.37. The Bertz CT molecular complexity index is 717. The first-order chi connectivity index (χ1) is 12.2. The van der Waals surface area contributed by atoms with Gasteiger partial charge >= 0.3 is 0 Å². The number of aryl methyl sites for hydroxylation is 1. The molecule has 5 nitrogen and oxygen atoms in total. The number of hydrogen-bond acceptors (Lipinski definition) is 5. The van der Waals surface area contributed by atoms with Gasteiger partial charge in [0, 0.05) is 44.0 Å². The third kappa shape index (κ3) is 3.76. The minimum atomic E-state index is 0.0301. The molecule has 2 saturated heterocycles. The van der Waals surface area contributed by atoms with E-state index in [0.717, 1.165) is 26.2 Å².